The lowest BCUT2D eigenvalue weighted by Gasteiger charge is -2.08. The van der Waals surface area contributed by atoms with Gasteiger partial charge in [0.1, 0.15) is 21.9 Å². The number of carboxylic acids is 1. The van der Waals surface area contributed by atoms with Crippen molar-refractivity contribution in [1.29, 1.82) is 0 Å². The van der Waals surface area contributed by atoms with Crippen LogP contribution in [0, 0.1) is 6.92 Å². The number of rotatable bonds is 4. The first kappa shape index (κ1) is 12.7. The van der Waals surface area contributed by atoms with Crippen LogP contribution >= 0.6 is 11.3 Å². The number of anilines is 1. The smallest absolute Gasteiger partial charge is 0.346 e. The third-order valence-corrected chi connectivity index (χ3v) is 3.67. The maximum absolute atomic E-state index is 11.1. The Morgan fingerprint density at radius 2 is 2.28 bits per heavy atom. The van der Waals surface area contributed by atoms with E-state index >= 15 is 0 Å². The van der Waals surface area contributed by atoms with E-state index in [4.69, 9.17) is 5.11 Å². The summed E-state index contributed by atoms with van der Waals surface area (Å²) < 4.78 is 0. The van der Waals surface area contributed by atoms with Gasteiger partial charge < -0.3 is 15.5 Å². The highest BCUT2D eigenvalue weighted by atomic mass is 32.1. The molecule has 0 saturated heterocycles. The van der Waals surface area contributed by atoms with Crippen molar-refractivity contribution in [2.75, 3.05) is 11.9 Å². The summed E-state index contributed by atoms with van der Waals surface area (Å²) in [5, 5.41) is 22.0. The molecule has 0 bridgehead atoms. The Hall–Kier alpha value is -1.73. The number of carbonyl (C=O) groups is 1. The van der Waals surface area contributed by atoms with Gasteiger partial charge in [-0.2, -0.15) is 0 Å². The van der Waals surface area contributed by atoms with Gasteiger partial charge in [0.25, 0.3) is 0 Å². The molecule has 6 nitrogen and oxygen atoms in total. The van der Waals surface area contributed by atoms with Crippen molar-refractivity contribution < 1.29 is 15.0 Å². The van der Waals surface area contributed by atoms with Gasteiger partial charge in [-0.3, -0.25) is 0 Å². The quantitative estimate of drug-likeness (QED) is 0.776. The first-order valence-electron chi connectivity index (χ1n) is 5.40. The molecule has 2 heterocycles. The van der Waals surface area contributed by atoms with Crippen LogP contribution in [0.4, 0.5) is 5.82 Å². The number of aromatic carboxylic acids is 1. The van der Waals surface area contributed by atoms with Gasteiger partial charge in [-0.1, -0.05) is 0 Å². The zero-order chi connectivity index (χ0) is 13.3. The average molecular weight is 267 g/mol. The second kappa shape index (κ2) is 4.87. The Labute approximate surface area is 107 Å². The highest BCUT2D eigenvalue weighted by molar-refractivity contribution is 7.20. The van der Waals surface area contributed by atoms with Gasteiger partial charge in [-0.25, -0.2) is 14.8 Å². The molecule has 2 aromatic heterocycles. The second-order valence-electron chi connectivity index (χ2n) is 3.99. The van der Waals surface area contributed by atoms with Crippen LogP contribution in [0.15, 0.2) is 6.33 Å². The zero-order valence-corrected chi connectivity index (χ0v) is 10.8. The Balaban J connectivity index is 2.51. The van der Waals surface area contributed by atoms with E-state index in [1.54, 1.807) is 13.8 Å². The van der Waals surface area contributed by atoms with Gasteiger partial charge in [0, 0.05) is 6.54 Å². The third kappa shape index (κ3) is 2.27. The zero-order valence-electron chi connectivity index (χ0n) is 9.97. The molecule has 0 radical (unpaired) electrons. The van der Waals surface area contributed by atoms with Crippen molar-refractivity contribution in [3.8, 4) is 0 Å². The molecule has 96 valence electrons. The molecular formula is C11H13N3O3S. The number of fused-ring (bicyclic) bond motifs is 1. The molecule has 18 heavy (non-hydrogen) atoms. The number of hydrogen-bond donors (Lipinski definition) is 3. The van der Waals surface area contributed by atoms with Gasteiger partial charge in [-0.15, -0.1) is 11.3 Å². The topological polar surface area (TPSA) is 95.3 Å². The molecule has 0 saturated carbocycles. The molecule has 0 aliphatic rings. The number of carboxylic acid groups (broad SMARTS) is 1. The van der Waals surface area contributed by atoms with E-state index in [2.05, 4.69) is 15.3 Å². The summed E-state index contributed by atoms with van der Waals surface area (Å²) in [4.78, 5) is 20.1. The fourth-order valence-electron chi connectivity index (χ4n) is 1.65. The van der Waals surface area contributed by atoms with E-state index in [0.717, 1.165) is 11.3 Å². The molecule has 0 spiro atoms. The minimum Gasteiger partial charge on any atom is -0.477 e. The summed E-state index contributed by atoms with van der Waals surface area (Å²) in [6, 6.07) is 0. The summed E-state index contributed by atoms with van der Waals surface area (Å²) in [6.45, 7) is 3.75. The number of aliphatic hydroxyl groups is 1. The second-order valence-corrected chi connectivity index (χ2v) is 4.99. The number of nitrogens with one attached hydrogen (secondary N) is 1. The standard InChI is InChI=1S/C11H13N3O3S/c1-5(15)3-12-9-7-6(2)8(11(16)17)18-10(7)14-4-13-9/h4-5,15H,3H2,1-2H3,(H,16,17)(H,12,13,14)/t5-/m1/s1. The molecule has 3 N–H and O–H groups in total. The van der Waals surface area contributed by atoms with Gasteiger partial charge in [-0.05, 0) is 19.4 Å². The van der Waals surface area contributed by atoms with Crippen molar-refractivity contribution in [2.45, 2.75) is 20.0 Å². The lowest BCUT2D eigenvalue weighted by molar-refractivity contribution is 0.0701. The number of hydrogen-bond acceptors (Lipinski definition) is 6. The summed E-state index contributed by atoms with van der Waals surface area (Å²) in [6.07, 6.45) is 0.877. The van der Waals surface area contributed by atoms with Crippen LogP contribution in [-0.2, 0) is 0 Å². The van der Waals surface area contributed by atoms with Crippen LogP contribution in [0.25, 0.3) is 10.2 Å². The summed E-state index contributed by atoms with van der Waals surface area (Å²) in [5.74, 6) is -0.404. The van der Waals surface area contributed by atoms with Crippen LogP contribution in [-0.4, -0.2) is 38.8 Å². The molecule has 0 fully saturated rings. The predicted molar refractivity (Wildman–Crippen MR) is 69.3 cm³/mol. The first-order chi connectivity index (χ1) is 8.50. The number of aryl methyl sites for hydroxylation is 1. The normalized spacial score (nSPS) is 12.6. The van der Waals surface area contributed by atoms with Gasteiger partial charge in [0.15, 0.2) is 0 Å². The Morgan fingerprint density at radius 1 is 1.56 bits per heavy atom. The molecule has 0 aliphatic carbocycles. The summed E-state index contributed by atoms with van der Waals surface area (Å²) in [7, 11) is 0. The Bertz CT molecular complexity index is 594. The van der Waals surface area contributed by atoms with Crippen molar-refractivity contribution >= 4 is 33.3 Å². The van der Waals surface area contributed by atoms with Gasteiger partial charge in [0.05, 0.1) is 11.5 Å². The van der Waals surface area contributed by atoms with Crippen LogP contribution in [0.5, 0.6) is 0 Å². The summed E-state index contributed by atoms with van der Waals surface area (Å²) in [5.41, 5.74) is 0.649. The monoisotopic (exact) mass is 267 g/mol. The minimum absolute atomic E-state index is 0.269. The third-order valence-electron chi connectivity index (χ3n) is 2.49. The Morgan fingerprint density at radius 3 is 2.89 bits per heavy atom. The van der Waals surface area contributed by atoms with Crippen LogP contribution in [0.1, 0.15) is 22.2 Å². The molecule has 0 amide bonds. The SMILES string of the molecule is Cc1c(C(=O)O)sc2ncnc(NC[C@@H](C)O)c12. The molecule has 2 aromatic rings. The molecule has 0 aromatic carbocycles. The van der Waals surface area contributed by atoms with Gasteiger partial charge >= 0.3 is 5.97 Å². The lowest BCUT2D eigenvalue weighted by Crippen LogP contribution is -2.16. The van der Waals surface area contributed by atoms with E-state index in [1.807, 2.05) is 0 Å². The molecule has 1 atom stereocenters. The highest BCUT2D eigenvalue weighted by Crippen LogP contribution is 2.33. The predicted octanol–water partition coefficient (Wildman–Crippen LogP) is 1.49. The van der Waals surface area contributed by atoms with Crippen LogP contribution in [0.3, 0.4) is 0 Å². The Kier molecular flexibility index (Phi) is 3.44. The van der Waals surface area contributed by atoms with E-state index in [-0.39, 0.29) is 4.88 Å². The van der Waals surface area contributed by atoms with Gasteiger partial charge in [0.2, 0.25) is 0 Å². The van der Waals surface area contributed by atoms with Crippen molar-refractivity contribution in [3.63, 3.8) is 0 Å². The average Bonchev–Trinajstić information content (AvgIpc) is 2.65. The number of nitrogens with zero attached hydrogens (tertiary/aromatic N) is 2. The largest absolute Gasteiger partial charge is 0.477 e. The first-order valence-corrected chi connectivity index (χ1v) is 6.21. The number of aliphatic hydroxyl groups excluding tert-OH is 1. The van der Waals surface area contributed by atoms with E-state index < -0.39 is 12.1 Å². The van der Waals surface area contributed by atoms with Crippen molar-refractivity contribution in [3.05, 3.63) is 16.8 Å². The van der Waals surface area contributed by atoms with E-state index in [9.17, 15) is 9.90 Å². The maximum Gasteiger partial charge on any atom is 0.346 e. The maximum atomic E-state index is 11.1. The fraction of sp³-hybridized carbons (Fsp3) is 0.364. The number of thiophene rings is 1. The van der Waals surface area contributed by atoms with Crippen LogP contribution < -0.4 is 5.32 Å². The molecule has 2 rings (SSSR count). The lowest BCUT2D eigenvalue weighted by atomic mass is 10.2. The molecule has 7 heteroatoms. The molecule has 0 unspecified atom stereocenters. The summed E-state index contributed by atoms with van der Waals surface area (Å²) >= 11 is 1.13. The molecular weight excluding hydrogens is 254 g/mol. The molecule has 0 aliphatic heterocycles. The van der Waals surface area contributed by atoms with E-state index in [0.29, 0.717) is 28.1 Å². The van der Waals surface area contributed by atoms with Crippen molar-refractivity contribution in [1.82, 2.24) is 9.97 Å². The van der Waals surface area contributed by atoms with E-state index in [1.165, 1.54) is 6.33 Å². The number of aromatic nitrogens is 2. The highest BCUT2D eigenvalue weighted by Gasteiger charge is 2.18. The van der Waals surface area contributed by atoms with Crippen LogP contribution in [0.2, 0.25) is 0 Å². The minimum atomic E-state index is -0.961. The fourth-order valence-corrected chi connectivity index (χ4v) is 2.64. The van der Waals surface area contributed by atoms with Crippen molar-refractivity contribution in [2.24, 2.45) is 0 Å².